The highest BCUT2D eigenvalue weighted by Crippen LogP contribution is 2.28. The number of nitrogens with zero attached hydrogens (tertiary/aromatic N) is 4. The number of nitrogens with one attached hydrogen (secondary N) is 1. The zero-order valence-electron chi connectivity index (χ0n) is 21.8. The molecule has 0 unspecified atom stereocenters. The third-order valence-corrected chi connectivity index (χ3v) is 7.25. The van der Waals surface area contributed by atoms with Gasteiger partial charge >= 0.3 is 0 Å². The third-order valence-electron chi connectivity index (χ3n) is 7.25. The largest absolute Gasteiger partial charge is 0.351 e. The zero-order valence-corrected chi connectivity index (χ0v) is 21.8. The van der Waals surface area contributed by atoms with Gasteiger partial charge in [-0.2, -0.15) is 15.0 Å². The molecule has 0 bridgehead atoms. The predicted molar refractivity (Wildman–Crippen MR) is 143 cm³/mol. The molecule has 0 spiro atoms. The summed E-state index contributed by atoms with van der Waals surface area (Å²) in [5.74, 6) is -1.58. The van der Waals surface area contributed by atoms with Gasteiger partial charge in [0.2, 0.25) is 11.8 Å². The molecule has 1 aromatic heterocycles. The lowest BCUT2D eigenvalue weighted by Gasteiger charge is -2.34. The number of rotatable bonds is 8. The lowest BCUT2D eigenvalue weighted by atomic mass is 9.94. The molecule has 1 aliphatic carbocycles. The molecule has 2 amide bonds. The smallest absolute Gasteiger partial charge is 0.250 e. The molecular formula is C30H31F2N5O2. The molecule has 1 aliphatic rings. The number of carbonyl (C=O) groups excluding carboxylic acids is 2. The normalized spacial score (nSPS) is 15.6. The van der Waals surface area contributed by atoms with Crippen LogP contribution in [-0.4, -0.2) is 37.7 Å². The van der Waals surface area contributed by atoms with Gasteiger partial charge in [-0.15, -0.1) is 0 Å². The first-order valence-electron chi connectivity index (χ1n) is 13.3. The summed E-state index contributed by atoms with van der Waals surface area (Å²) < 4.78 is 27.6. The number of amides is 2. The van der Waals surface area contributed by atoms with E-state index in [1.165, 1.54) is 46.1 Å². The standard InChI is InChI=1S/C30H31F2N5O2/c1-20(37-34-26-9-5-6-10-27(26)35-37)30(39)36(19-21-11-15-23(31)16-12-21)28(22-13-17-24(32)18-14-22)29(38)33-25-7-3-2-4-8-25/h5-6,9-18,20,25,28H,2-4,7-8,19H2,1H3,(H,33,38)/t20-,28+/m1/s1. The number of hydrogen-bond donors (Lipinski definition) is 1. The monoisotopic (exact) mass is 531 g/mol. The maximum Gasteiger partial charge on any atom is 0.250 e. The van der Waals surface area contributed by atoms with E-state index in [4.69, 9.17) is 0 Å². The number of fused-ring (bicyclic) bond motifs is 1. The number of benzene rings is 3. The van der Waals surface area contributed by atoms with E-state index in [0.29, 0.717) is 22.2 Å². The molecule has 1 N–H and O–H groups in total. The first-order chi connectivity index (χ1) is 18.9. The Balaban J connectivity index is 1.53. The van der Waals surface area contributed by atoms with Crippen molar-refractivity contribution in [3.63, 3.8) is 0 Å². The van der Waals surface area contributed by atoms with Crippen molar-refractivity contribution in [3.05, 3.63) is 95.6 Å². The highest BCUT2D eigenvalue weighted by molar-refractivity contribution is 5.90. The Morgan fingerprint density at radius 3 is 2.05 bits per heavy atom. The van der Waals surface area contributed by atoms with Crippen molar-refractivity contribution in [3.8, 4) is 0 Å². The second kappa shape index (κ2) is 11.7. The molecule has 4 aromatic rings. The average molecular weight is 532 g/mol. The second-order valence-electron chi connectivity index (χ2n) is 10.1. The molecule has 2 atom stereocenters. The molecule has 3 aromatic carbocycles. The Morgan fingerprint density at radius 1 is 0.897 bits per heavy atom. The van der Waals surface area contributed by atoms with Crippen LogP contribution in [0.5, 0.6) is 0 Å². The topological polar surface area (TPSA) is 80.1 Å². The van der Waals surface area contributed by atoms with E-state index in [-0.39, 0.29) is 18.5 Å². The Morgan fingerprint density at radius 2 is 1.46 bits per heavy atom. The highest BCUT2D eigenvalue weighted by atomic mass is 19.1. The number of halogens is 2. The lowest BCUT2D eigenvalue weighted by Crippen LogP contribution is -2.48. The van der Waals surface area contributed by atoms with Gasteiger partial charge in [0.05, 0.1) is 0 Å². The highest BCUT2D eigenvalue weighted by Gasteiger charge is 2.36. The summed E-state index contributed by atoms with van der Waals surface area (Å²) in [7, 11) is 0. The Bertz CT molecular complexity index is 1400. The molecule has 1 fully saturated rings. The van der Waals surface area contributed by atoms with Crippen LogP contribution in [0.4, 0.5) is 8.78 Å². The zero-order chi connectivity index (χ0) is 27.4. The number of carbonyl (C=O) groups is 2. The lowest BCUT2D eigenvalue weighted by molar-refractivity contribution is -0.144. The van der Waals surface area contributed by atoms with Gasteiger partial charge in [-0.05, 0) is 67.3 Å². The van der Waals surface area contributed by atoms with Crippen LogP contribution in [0.25, 0.3) is 11.0 Å². The van der Waals surface area contributed by atoms with Crippen molar-refractivity contribution in [2.24, 2.45) is 0 Å². The van der Waals surface area contributed by atoms with Crippen molar-refractivity contribution in [1.29, 1.82) is 0 Å². The van der Waals surface area contributed by atoms with Crippen LogP contribution in [-0.2, 0) is 16.1 Å². The second-order valence-corrected chi connectivity index (χ2v) is 10.1. The van der Waals surface area contributed by atoms with Gasteiger partial charge in [0.15, 0.2) is 0 Å². The molecular weight excluding hydrogens is 500 g/mol. The molecule has 0 aliphatic heterocycles. The average Bonchev–Trinajstić information content (AvgIpc) is 3.39. The van der Waals surface area contributed by atoms with Crippen molar-refractivity contribution in [2.75, 3.05) is 0 Å². The fourth-order valence-corrected chi connectivity index (χ4v) is 5.12. The molecule has 0 saturated heterocycles. The van der Waals surface area contributed by atoms with Gasteiger partial charge in [0, 0.05) is 12.6 Å². The third kappa shape index (κ3) is 6.13. The van der Waals surface area contributed by atoms with Crippen LogP contribution < -0.4 is 5.32 Å². The minimum Gasteiger partial charge on any atom is -0.351 e. The fourth-order valence-electron chi connectivity index (χ4n) is 5.12. The summed E-state index contributed by atoms with van der Waals surface area (Å²) in [6.07, 6.45) is 4.92. The van der Waals surface area contributed by atoms with E-state index < -0.39 is 29.6 Å². The van der Waals surface area contributed by atoms with Gasteiger partial charge in [-0.1, -0.05) is 55.7 Å². The maximum atomic E-state index is 14.2. The minimum atomic E-state index is -1.04. The van der Waals surface area contributed by atoms with Gasteiger partial charge in [0.25, 0.3) is 0 Å². The number of aromatic nitrogens is 3. The fraction of sp³-hybridized carbons (Fsp3) is 0.333. The maximum absolute atomic E-state index is 14.2. The van der Waals surface area contributed by atoms with Gasteiger partial charge in [-0.3, -0.25) is 9.59 Å². The Labute approximate surface area is 225 Å². The van der Waals surface area contributed by atoms with Crippen LogP contribution in [0.2, 0.25) is 0 Å². The van der Waals surface area contributed by atoms with Crippen molar-refractivity contribution >= 4 is 22.8 Å². The van der Waals surface area contributed by atoms with E-state index in [0.717, 1.165) is 32.1 Å². The van der Waals surface area contributed by atoms with E-state index in [1.54, 1.807) is 19.1 Å². The van der Waals surface area contributed by atoms with E-state index in [9.17, 15) is 18.4 Å². The molecule has 1 saturated carbocycles. The molecule has 202 valence electrons. The van der Waals surface area contributed by atoms with E-state index in [2.05, 4.69) is 15.5 Å². The summed E-state index contributed by atoms with van der Waals surface area (Å²) >= 11 is 0. The molecule has 7 nitrogen and oxygen atoms in total. The van der Waals surface area contributed by atoms with Gasteiger partial charge in [0.1, 0.15) is 34.8 Å². The van der Waals surface area contributed by atoms with Gasteiger partial charge in [-0.25, -0.2) is 8.78 Å². The van der Waals surface area contributed by atoms with Gasteiger partial charge < -0.3 is 10.2 Å². The van der Waals surface area contributed by atoms with Crippen LogP contribution >= 0.6 is 0 Å². The Kier molecular flexibility index (Phi) is 7.95. The molecule has 1 heterocycles. The van der Waals surface area contributed by atoms with Crippen molar-refractivity contribution < 1.29 is 18.4 Å². The first-order valence-corrected chi connectivity index (χ1v) is 13.3. The predicted octanol–water partition coefficient (Wildman–Crippen LogP) is 5.49. The summed E-state index contributed by atoms with van der Waals surface area (Å²) in [5.41, 5.74) is 2.42. The SMILES string of the molecule is C[C@H](C(=O)N(Cc1ccc(F)cc1)[C@H](C(=O)NC1CCCCC1)c1ccc(F)cc1)n1nc2ccccc2n1. The quantitative estimate of drug-likeness (QED) is 0.326. The molecule has 5 rings (SSSR count). The summed E-state index contributed by atoms with van der Waals surface area (Å²) in [6.45, 7) is 1.71. The van der Waals surface area contributed by atoms with Crippen LogP contribution in [0.3, 0.4) is 0 Å². The van der Waals surface area contributed by atoms with Crippen LogP contribution in [0, 0.1) is 11.6 Å². The minimum absolute atomic E-state index is 0.00692. The molecule has 39 heavy (non-hydrogen) atoms. The van der Waals surface area contributed by atoms with Crippen molar-refractivity contribution in [1.82, 2.24) is 25.2 Å². The van der Waals surface area contributed by atoms with Crippen LogP contribution in [0.15, 0.2) is 72.8 Å². The van der Waals surface area contributed by atoms with E-state index in [1.807, 2.05) is 24.3 Å². The molecule has 9 heteroatoms. The summed E-state index contributed by atoms with van der Waals surface area (Å²) in [5, 5.41) is 12.1. The number of hydrogen-bond acceptors (Lipinski definition) is 4. The summed E-state index contributed by atoms with van der Waals surface area (Å²) in [4.78, 5) is 30.9. The molecule has 0 radical (unpaired) electrons. The first kappa shape index (κ1) is 26.5. The van der Waals surface area contributed by atoms with Crippen molar-refractivity contribution in [2.45, 2.75) is 63.7 Å². The van der Waals surface area contributed by atoms with E-state index >= 15 is 0 Å². The van der Waals surface area contributed by atoms with Crippen LogP contribution in [0.1, 0.15) is 62.2 Å². The Hall–Kier alpha value is -4.14. The summed E-state index contributed by atoms with van der Waals surface area (Å²) in [6, 6.07) is 16.8.